The number of hydrogen-bond donors (Lipinski definition) is 2. The van der Waals surface area contributed by atoms with Crippen LogP contribution in [0.15, 0.2) is 60.7 Å². The van der Waals surface area contributed by atoms with Crippen LogP contribution in [0.25, 0.3) is 0 Å². The van der Waals surface area contributed by atoms with E-state index < -0.39 is 11.9 Å². The first-order valence-electron chi connectivity index (χ1n) is 12.2. The van der Waals surface area contributed by atoms with Crippen molar-refractivity contribution >= 4 is 35.0 Å². The average molecular weight is 490 g/mol. The van der Waals surface area contributed by atoms with Gasteiger partial charge in [0.25, 0.3) is 5.91 Å². The van der Waals surface area contributed by atoms with Crippen LogP contribution >= 0.6 is 0 Å². The van der Waals surface area contributed by atoms with Crippen molar-refractivity contribution in [2.45, 2.75) is 39.2 Å². The zero-order valence-corrected chi connectivity index (χ0v) is 20.7. The Balaban J connectivity index is 1.44. The summed E-state index contributed by atoms with van der Waals surface area (Å²) in [6, 6.07) is 12.6. The molecule has 8 heteroatoms. The molecule has 2 N–H and O–H groups in total. The van der Waals surface area contributed by atoms with Gasteiger partial charge in [0.05, 0.1) is 18.9 Å². The van der Waals surface area contributed by atoms with E-state index in [0.717, 1.165) is 0 Å². The normalized spacial score (nSPS) is 19.7. The first kappa shape index (κ1) is 25.2. The van der Waals surface area contributed by atoms with E-state index in [1.54, 1.807) is 55.6 Å². The highest BCUT2D eigenvalue weighted by Gasteiger charge is 2.51. The molecule has 0 spiro atoms. The number of carbonyl (C=O) groups excluding carboxylic acids is 4. The number of fused-ring (bicyclic) bond motifs is 1. The van der Waals surface area contributed by atoms with E-state index in [4.69, 9.17) is 4.74 Å². The highest BCUT2D eigenvalue weighted by molar-refractivity contribution is 6.10. The summed E-state index contributed by atoms with van der Waals surface area (Å²) < 4.78 is 5.12. The second-order valence-electron chi connectivity index (χ2n) is 9.60. The Morgan fingerprint density at radius 1 is 0.889 bits per heavy atom. The number of likely N-dealkylation sites (tertiary alicyclic amines) is 1. The number of rotatable bonds is 8. The predicted molar refractivity (Wildman–Crippen MR) is 136 cm³/mol. The highest BCUT2D eigenvalue weighted by Crippen LogP contribution is 2.37. The lowest BCUT2D eigenvalue weighted by Gasteiger charge is -2.27. The molecule has 36 heavy (non-hydrogen) atoms. The number of nitrogens with zero attached hydrogens (tertiary/aromatic N) is 1. The Kier molecular flexibility index (Phi) is 7.52. The van der Waals surface area contributed by atoms with Gasteiger partial charge >= 0.3 is 0 Å². The fourth-order valence-electron chi connectivity index (χ4n) is 4.72. The van der Waals surface area contributed by atoms with Gasteiger partial charge in [-0.2, -0.15) is 0 Å². The molecule has 1 saturated heterocycles. The van der Waals surface area contributed by atoms with Gasteiger partial charge in [-0.15, -0.1) is 0 Å². The average Bonchev–Trinajstić information content (AvgIpc) is 3.13. The van der Waals surface area contributed by atoms with Crippen molar-refractivity contribution in [1.29, 1.82) is 0 Å². The fourth-order valence-corrected chi connectivity index (χ4v) is 4.72. The standard InChI is InChI=1S/C28H31N3O5/c1-17(2)16-24(31-27(34)22-6-4-5-7-23(22)28(31)35)26(33)30-19-10-8-18(9-11-19)25(32)29-20-12-14-21(36-3)15-13-20/h4-5,8-15,17,22-24H,6-7,16H2,1-3H3,(H,29,32)(H,30,33). The van der Waals surface area contributed by atoms with Gasteiger partial charge in [-0.05, 0) is 73.7 Å². The van der Waals surface area contributed by atoms with E-state index >= 15 is 0 Å². The van der Waals surface area contributed by atoms with E-state index in [2.05, 4.69) is 10.6 Å². The molecule has 1 fully saturated rings. The van der Waals surface area contributed by atoms with Crippen LogP contribution in [0.3, 0.4) is 0 Å². The molecule has 3 atom stereocenters. The Labute approximate surface area is 210 Å². The van der Waals surface area contributed by atoms with Gasteiger partial charge in [0.2, 0.25) is 17.7 Å². The molecule has 188 valence electrons. The van der Waals surface area contributed by atoms with Gasteiger partial charge in [0, 0.05) is 16.9 Å². The van der Waals surface area contributed by atoms with Gasteiger partial charge in [-0.3, -0.25) is 24.1 Å². The molecular weight excluding hydrogens is 458 g/mol. The number of imide groups is 1. The van der Waals surface area contributed by atoms with Crippen LogP contribution in [0.5, 0.6) is 5.75 Å². The molecule has 8 nitrogen and oxygen atoms in total. The minimum Gasteiger partial charge on any atom is -0.497 e. The van der Waals surface area contributed by atoms with E-state index in [9.17, 15) is 19.2 Å². The molecule has 2 aromatic rings. The minimum absolute atomic E-state index is 0.103. The molecule has 0 radical (unpaired) electrons. The van der Waals surface area contributed by atoms with Gasteiger partial charge in [0.1, 0.15) is 11.8 Å². The molecule has 1 aliphatic heterocycles. The molecule has 0 saturated carbocycles. The maximum atomic E-state index is 13.3. The summed E-state index contributed by atoms with van der Waals surface area (Å²) in [6.07, 6.45) is 5.29. The zero-order valence-electron chi connectivity index (χ0n) is 20.7. The van der Waals surface area contributed by atoms with Crippen LogP contribution in [-0.4, -0.2) is 41.7 Å². The maximum absolute atomic E-state index is 13.3. The van der Waals surface area contributed by atoms with Crippen LogP contribution in [0.1, 0.15) is 43.5 Å². The third-order valence-electron chi connectivity index (χ3n) is 6.61. The number of anilines is 2. The number of nitrogens with one attached hydrogen (secondary N) is 2. The Morgan fingerprint density at radius 3 is 1.94 bits per heavy atom. The van der Waals surface area contributed by atoms with Crippen LogP contribution in [0.4, 0.5) is 11.4 Å². The molecule has 2 aromatic carbocycles. The zero-order chi connectivity index (χ0) is 25.8. The third-order valence-corrected chi connectivity index (χ3v) is 6.61. The molecule has 1 aliphatic carbocycles. The lowest BCUT2D eigenvalue weighted by Crippen LogP contribution is -2.48. The van der Waals surface area contributed by atoms with Gasteiger partial charge in [0.15, 0.2) is 0 Å². The molecule has 4 amide bonds. The van der Waals surface area contributed by atoms with E-state index in [0.29, 0.717) is 42.0 Å². The van der Waals surface area contributed by atoms with Crippen LogP contribution < -0.4 is 15.4 Å². The monoisotopic (exact) mass is 489 g/mol. The Bertz CT molecular complexity index is 1140. The minimum atomic E-state index is -0.881. The first-order chi connectivity index (χ1) is 17.3. The molecule has 3 unspecified atom stereocenters. The van der Waals surface area contributed by atoms with Gasteiger partial charge in [-0.25, -0.2) is 0 Å². The van der Waals surface area contributed by atoms with Crippen molar-refractivity contribution in [1.82, 2.24) is 4.90 Å². The van der Waals surface area contributed by atoms with Crippen molar-refractivity contribution in [2.24, 2.45) is 17.8 Å². The number of allylic oxidation sites excluding steroid dienone is 2. The van der Waals surface area contributed by atoms with Crippen molar-refractivity contribution in [3.8, 4) is 5.75 Å². The Hall–Kier alpha value is -3.94. The topological polar surface area (TPSA) is 105 Å². The highest BCUT2D eigenvalue weighted by atomic mass is 16.5. The summed E-state index contributed by atoms with van der Waals surface area (Å²) in [4.78, 5) is 53.2. The van der Waals surface area contributed by atoms with Crippen molar-refractivity contribution < 1.29 is 23.9 Å². The number of ether oxygens (including phenoxy) is 1. The summed E-state index contributed by atoms with van der Waals surface area (Å²) in [5.41, 5.74) is 1.53. The molecule has 0 bridgehead atoms. The smallest absolute Gasteiger partial charge is 0.255 e. The molecular formula is C28H31N3O5. The third kappa shape index (κ3) is 5.32. The maximum Gasteiger partial charge on any atom is 0.255 e. The van der Waals surface area contributed by atoms with Crippen molar-refractivity contribution in [2.75, 3.05) is 17.7 Å². The van der Waals surface area contributed by atoms with Crippen LogP contribution in [0.2, 0.25) is 0 Å². The van der Waals surface area contributed by atoms with Gasteiger partial charge < -0.3 is 15.4 Å². The lowest BCUT2D eigenvalue weighted by atomic mass is 9.85. The number of methoxy groups -OCH3 is 1. The lowest BCUT2D eigenvalue weighted by molar-refractivity contribution is -0.147. The van der Waals surface area contributed by atoms with E-state index in [1.165, 1.54) is 4.90 Å². The predicted octanol–water partition coefficient (Wildman–Crippen LogP) is 4.25. The summed E-state index contributed by atoms with van der Waals surface area (Å²) in [5, 5.41) is 5.64. The summed E-state index contributed by atoms with van der Waals surface area (Å²) in [5.74, 6) is -1.20. The Morgan fingerprint density at radius 2 is 1.42 bits per heavy atom. The van der Waals surface area contributed by atoms with Crippen LogP contribution in [-0.2, 0) is 14.4 Å². The van der Waals surface area contributed by atoms with E-state index in [-0.39, 0.29) is 35.5 Å². The summed E-state index contributed by atoms with van der Waals surface area (Å²) in [7, 11) is 1.57. The number of hydrogen-bond acceptors (Lipinski definition) is 5. The number of amides is 4. The molecule has 1 heterocycles. The van der Waals surface area contributed by atoms with Crippen LogP contribution in [0, 0.1) is 17.8 Å². The molecule has 4 rings (SSSR count). The van der Waals surface area contributed by atoms with Gasteiger partial charge in [-0.1, -0.05) is 26.0 Å². The number of benzene rings is 2. The molecule has 0 aromatic heterocycles. The second-order valence-corrected chi connectivity index (χ2v) is 9.60. The second kappa shape index (κ2) is 10.8. The van der Waals surface area contributed by atoms with E-state index in [1.807, 2.05) is 26.0 Å². The van der Waals surface area contributed by atoms with Crippen molar-refractivity contribution in [3.63, 3.8) is 0 Å². The fraction of sp³-hybridized carbons (Fsp3) is 0.357. The van der Waals surface area contributed by atoms with Crippen molar-refractivity contribution in [3.05, 3.63) is 66.2 Å². The molecule has 2 aliphatic rings. The SMILES string of the molecule is COc1ccc(NC(=O)c2ccc(NC(=O)C(CC(C)C)N3C(=O)C4CC=CCC4C3=O)cc2)cc1. The summed E-state index contributed by atoms with van der Waals surface area (Å²) >= 11 is 0. The first-order valence-corrected chi connectivity index (χ1v) is 12.2. The summed E-state index contributed by atoms with van der Waals surface area (Å²) in [6.45, 7) is 3.91. The number of carbonyl (C=O) groups is 4. The largest absolute Gasteiger partial charge is 0.497 e. The quantitative estimate of drug-likeness (QED) is 0.426.